The first kappa shape index (κ1) is 64.6. The number of nitrogens with one attached hydrogen (secondary N) is 1. The quantitative estimate of drug-likeness (QED) is 0.0321. The molecule has 0 aliphatic heterocycles. The van der Waals surface area contributed by atoms with Gasteiger partial charge < -0.3 is 20.3 Å². The number of ether oxygens (including phenoxy) is 1. The molecule has 0 rings (SSSR count). The summed E-state index contributed by atoms with van der Waals surface area (Å²) in [5, 5.41) is 23.1. The lowest BCUT2D eigenvalue weighted by atomic mass is 10.0. The Hall–Kier alpha value is -1.40. The van der Waals surface area contributed by atoms with Crippen molar-refractivity contribution in [1.82, 2.24) is 5.32 Å². The second-order valence-electron chi connectivity index (χ2n) is 20.7. The van der Waals surface area contributed by atoms with Crippen LogP contribution >= 0.6 is 0 Å². The van der Waals surface area contributed by atoms with Crippen LogP contribution in [0.2, 0.25) is 0 Å². The summed E-state index contributed by atoms with van der Waals surface area (Å²) >= 11 is 0. The van der Waals surface area contributed by atoms with E-state index in [4.69, 9.17) is 4.74 Å². The number of carbonyl (C=O) groups excluding carboxylic acids is 2. The van der Waals surface area contributed by atoms with Gasteiger partial charge in [-0.3, -0.25) is 9.59 Å². The van der Waals surface area contributed by atoms with Crippen LogP contribution in [-0.4, -0.2) is 47.4 Å². The molecule has 0 saturated carbocycles. The van der Waals surface area contributed by atoms with Crippen molar-refractivity contribution in [3.05, 3.63) is 12.2 Å². The number of aliphatic hydroxyl groups excluding tert-OH is 2. The maximum Gasteiger partial charge on any atom is 0.305 e. The van der Waals surface area contributed by atoms with Crippen LogP contribution in [0.3, 0.4) is 0 Å². The minimum Gasteiger partial charge on any atom is -0.466 e. The highest BCUT2D eigenvalue weighted by atomic mass is 16.5. The van der Waals surface area contributed by atoms with Crippen LogP contribution in [0.4, 0.5) is 0 Å². The minimum atomic E-state index is -0.845. The summed E-state index contributed by atoms with van der Waals surface area (Å²) < 4.78 is 5.49. The van der Waals surface area contributed by atoms with Crippen molar-refractivity contribution >= 4 is 11.9 Å². The van der Waals surface area contributed by atoms with Crippen molar-refractivity contribution in [3.63, 3.8) is 0 Å². The molecule has 66 heavy (non-hydrogen) atoms. The molecule has 2 atom stereocenters. The second kappa shape index (κ2) is 56.2. The molecular formula is C60H117NO5. The van der Waals surface area contributed by atoms with Crippen molar-refractivity contribution in [2.45, 2.75) is 347 Å². The highest BCUT2D eigenvalue weighted by Gasteiger charge is 2.18. The van der Waals surface area contributed by atoms with Gasteiger partial charge in [-0.05, 0) is 32.1 Å². The average Bonchev–Trinajstić information content (AvgIpc) is 3.32. The van der Waals surface area contributed by atoms with Crippen LogP contribution in [0.1, 0.15) is 335 Å². The Balaban J connectivity index is 3.40. The second-order valence-corrected chi connectivity index (χ2v) is 20.7. The van der Waals surface area contributed by atoms with E-state index in [1.165, 1.54) is 270 Å². The normalized spacial score (nSPS) is 12.6. The fourth-order valence-electron chi connectivity index (χ4n) is 9.46. The molecule has 0 aliphatic carbocycles. The lowest BCUT2D eigenvalue weighted by Crippen LogP contribution is -2.45. The van der Waals surface area contributed by atoms with E-state index in [-0.39, 0.29) is 18.5 Å². The highest BCUT2D eigenvalue weighted by molar-refractivity contribution is 5.76. The molecule has 0 spiro atoms. The Bertz CT molecular complexity index is 986. The maximum absolute atomic E-state index is 12.5. The van der Waals surface area contributed by atoms with Crippen molar-refractivity contribution < 1.29 is 24.5 Å². The van der Waals surface area contributed by atoms with Crippen molar-refractivity contribution in [1.29, 1.82) is 0 Å². The third kappa shape index (κ3) is 52.0. The van der Waals surface area contributed by atoms with Crippen LogP contribution in [0.25, 0.3) is 0 Å². The molecule has 0 heterocycles. The third-order valence-corrected chi connectivity index (χ3v) is 14.1. The van der Waals surface area contributed by atoms with E-state index in [0.717, 1.165) is 38.5 Å². The van der Waals surface area contributed by atoms with Gasteiger partial charge in [-0.1, -0.05) is 302 Å². The average molecular weight is 933 g/mol. The first-order chi connectivity index (χ1) is 32.5. The molecule has 6 heteroatoms. The van der Waals surface area contributed by atoms with E-state index in [1.54, 1.807) is 6.08 Å². The number of amides is 1. The molecule has 3 N–H and O–H groups in total. The molecule has 392 valence electrons. The lowest BCUT2D eigenvalue weighted by Gasteiger charge is -2.20. The largest absolute Gasteiger partial charge is 0.466 e. The monoisotopic (exact) mass is 932 g/mol. The van der Waals surface area contributed by atoms with Crippen LogP contribution in [0, 0.1) is 0 Å². The van der Waals surface area contributed by atoms with E-state index in [9.17, 15) is 19.8 Å². The minimum absolute atomic E-state index is 0.0118. The molecule has 0 radical (unpaired) electrons. The Kier molecular flexibility index (Phi) is 55.0. The summed E-state index contributed by atoms with van der Waals surface area (Å²) in [6, 6.07) is -0.629. The molecule has 1 amide bonds. The molecule has 0 bridgehead atoms. The maximum atomic E-state index is 12.5. The van der Waals surface area contributed by atoms with Gasteiger partial charge >= 0.3 is 5.97 Å². The van der Waals surface area contributed by atoms with E-state index < -0.39 is 12.1 Å². The molecule has 0 aromatic carbocycles. The van der Waals surface area contributed by atoms with Crippen LogP contribution in [-0.2, 0) is 14.3 Å². The van der Waals surface area contributed by atoms with Crippen molar-refractivity contribution in [2.24, 2.45) is 0 Å². The summed E-state index contributed by atoms with van der Waals surface area (Å²) in [4.78, 5) is 24.5. The number of hydrogen-bond acceptors (Lipinski definition) is 5. The Morgan fingerprint density at radius 1 is 0.409 bits per heavy atom. The molecule has 0 aromatic heterocycles. The number of unbranched alkanes of at least 4 members (excludes halogenated alkanes) is 45. The van der Waals surface area contributed by atoms with Gasteiger partial charge in [-0.25, -0.2) is 0 Å². The Labute approximate surface area is 412 Å². The number of hydrogen-bond donors (Lipinski definition) is 3. The number of aliphatic hydroxyl groups is 2. The lowest BCUT2D eigenvalue weighted by molar-refractivity contribution is -0.143. The number of rotatable bonds is 56. The molecule has 0 saturated heterocycles. The molecular weight excluding hydrogens is 815 g/mol. The van der Waals surface area contributed by atoms with Gasteiger partial charge in [-0.2, -0.15) is 0 Å². The fraction of sp³-hybridized carbons (Fsp3) is 0.933. The topological polar surface area (TPSA) is 95.9 Å². The number of esters is 1. The van der Waals surface area contributed by atoms with Crippen molar-refractivity contribution in [3.8, 4) is 0 Å². The summed E-state index contributed by atoms with van der Waals surface area (Å²) in [6.45, 7) is 4.92. The molecule has 0 aromatic rings. The highest BCUT2D eigenvalue weighted by Crippen LogP contribution is 2.18. The van der Waals surface area contributed by atoms with Gasteiger partial charge in [0.15, 0.2) is 0 Å². The van der Waals surface area contributed by atoms with Gasteiger partial charge in [0.25, 0.3) is 0 Å². The summed E-state index contributed by atoms with van der Waals surface area (Å²) in [5.41, 5.74) is 0. The molecule has 0 fully saturated rings. The van der Waals surface area contributed by atoms with Crippen LogP contribution < -0.4 is 5.32 Å². The zero-order valence-corrected chi connectivity index (χ0v) is 44.7. The van der Waals surface area contributed by atoms with Crippen LogP contribution in [0.15, 0.2) is 12.2 Å². The van der Waals surface area contributed by atoms with Crippen LogP contribution in [0.5, 0.6) is 0 Å². The number of allylic oxidation sites excluding steroid dienone is 1. The zero-order valence-electron chi connectivity index (χ0n) is 44.7. The van der Waals surface area contributed by atoms with Gasteiger partial charge in [-0.15, -0.1) is 0 Å². The smallest absolute Gasteiger partial charge is 0.305 e. The Morgan fingerprint density at radius 3 is 1.03 bits per heavy atom. The summed E-state index contributed by atoms with van der Waals surface area (Å²) in [5.74, 6) is -0.0569. The van der Waals surface area contributed by atoms with Crippen molar-refractivity contribution in [2.75, 3.05) is 13.2 Å². The third-order valence-electron chi connectivity index (χ3n) is 14.1. The zero-order chi connectivity index (χ0) is 47.9. The van der Waals surface area contributed by atoms with Gasteiger partial charge in [0.2, 0.25) is 5.91 Å². The first-order valence-corrected chi connectivity index (χ1v) is 30.0. The van der Waals surface area contributed by atoms with E-state index in [2.05, 4.69) is 19.2 Å². The predicted molar refractivity (Wildman–Crippen MR) is 287 cm³/mol. The fourth-order valence-corrected chi connectivity index (χ4v) is 9.46. The van der Waals surface area contributed by atoms with E-state index in [0.29, 0.717) is 19.4 Å². The van der Waals surface area contributed by atoms with Gasteiger partial charge in [0.05, 0.1) is 25.4 Å². The first-order valence-electron chi connectivity index (χ1n) is 30.0. The van der Waals surface area contributed by atoms with E-state index >= 15 is 0 Å². The SMILES string of the molecule is CCCCCCCCCCCCCCC/C=C/C(O)C(CO)NC(=O)CCCCCCCCCCCCCCCCCCCCCOC(=O)CCCCCCCCCCCCCCCCC. The van der Waals surface area contributed by atoms with E-state index in [1.807, 2.05) is 6.08 Å². The summed E-state index contributed by atoms with van der Waals surface area (Å²) in [7, 11) is 0. The standard InChI is InChI=1S/C60H117NO5/c1-3-5-7-9-11-13-15-17-24-28-32-36-40-44-48-52-58(63)57(56-62)61-59(64)53-49-45-41-37-33-29-26-22-20-19-21-23-27-31-35-39-43-47-51-55-66-60(65)54-50-46-42-38-34-30-25-18-16-14-12-10-8-6-4-2/h48,52,57-58,62-63H,3-47,49-51,53-56H2,1-2H3,(H,61,64)/b52-48+. The van der Waals surface area contributed by atoms with Gasteiger partial charge in [0, 0.05) is 12.8 Å². The molecule has 6 nitrogen and oxygen atoms in total. The summed E-state index contributed by atoms with van der Waals surface area (Å²) in [6.07, 6.45) is 66.7. The van der Waals surface area contributed by atoms with Gasteiger partial charge in [0.1, 0.15) is 0 Å². The number of carbonyl (C=O) groups is 2. The molecule has 0 aliphatic rings. The predicted octanol–water partition coefficient (Wildman–Crippen LogP) is 18.5. The molecule has 2 unspecified atom stereocenters. The Morgan fingerprint density at radius 2 is 0.697 bits per heavy atom.